The molecule has 0 saturated heterocycles. The number of rotatable bonds is 4. The second-order valence-corrected chi connectivity index (χ2v) is 5.03. The highest BCUT2D eigenvalue weighted by Gasteiger charge is 2.18. The summed E-state index contributed by atoms with van der Waals surface area (Å²) in [6.07, 6.45) is 1.41. The van der Waals surface area contributed by atoms with Crippen LogP contribution in [0.2, 0.25) is 0 Å². The maximum absolute atomic E-state index is 11.2. The van der Waals surface area contributed by atoms with Crippen molar-refractivity contribution in [3.63, 3.8) is 0 Å². The summed E-state index contributed by atoms with van der Waals surface area (Å²) in [6, 6.07) is 5.54. The Morgan fingerprint density at radius 3 is 2.76 bits per heavy atom. The molecule has 1 N–H and O–H groups in total. The third-order valence-electron chi connectivity index (χ3n) is 2.62. The molecular formula is C13H9BrN2O5. The molecule has 1 heterocycles. The normalized spacial score (nSPS) is 10.2. The summed E-state index contributed by atoms with van der Waals surface area (Å²) >= 11 is 3.14. The molecule has 0 fully saturated rings. The molecule has 0 amide bonds. The van der Waals surface area contributed by atoms with Crippen LogP contribution in [0.4, 0.5) is 5.69 Å². The molecule has 0 spiro atoms. The Morgan fingerprint density at radius 2 is 2.14 bits per heavy atom. The standard InChI is InChI=1S/C13H9BrN2O5/c1-7-2-3-15-12(11(7)13(17)18)21-10-5-8(14)4-9(6-10)16(19)20/h2-6H,1H3,(H,17,18). The van der Waals surface area contributed by atoms with Crippen LogP contribution in [0.1, 0.15) is 15.9 Å². The number of benzene rings is 1. The molecule has 0 aliphatic carbocycles. The number of halogens is 1. The predicted molar refractivity (Wildman–Crippen MR) is 76.8 cm³/mol. The Bertz CT molecular complexity index is 732. The Hall–Kier alpha value is -2.48. The summed E-state index contributed by atoms with van der Waals surface area (Å²) in [5.74, 6) is -1.17. The minimum atomic E-state index is -1.18. The number of carboxylic acids is 1. The van der Waals surface area contributed by atoms with Gasteiger partial charge in [0.1, 0.15) is 11.3 Å². The van der Waals surface area contributed by atoms with Crippen molar-refractivity contribution in [2.45, 2.75) is 6.92 Å². The topological polar surface area (TPSA) is 103 Å². The molecule has 0 bridgehead atoms. The third-order valence-corrected chi connectivity index (χ3v) is 3.08. The number of non-ortho nitro benzene ring substituents is 1. The van der Waals surface area contributed by atoms with Gasteiger partial charge < -0.3 is 9.84 Å². The van der Waals surface area contributed by atoms with Crippen LogP contribution in [-0.2, 0) is 0 Å². The number of nitrogens with zero attached hydrogens (tertiary/aromatic N) is 2. The Labute approximate surface area is 127 Å². The molecule has 1 aromatic carbocycles. The van der Waals surface area contributed by atoms with Crippen LogP contribution in [0.5, 0.6) is 11.6 Å². The summed E-state index contributed by atoms with van der Waals surface area (Å²) in [5.41, 5.74) is 0.223. The number of hydrogen-bond acceptors (Lipinski definition) is 5. The van der Waals surface area contributed by atoms with Gasteiger partial charge in [-0.2, -0.15) is 0 Å². The van der Waals surface area contributed by atoms with Gasteiger partial charge in [0.05, 0.1) is 11.0 Å². The highest BCUT2D eigenvalue weighted by molar-refractivity contribution is 9.10. The van der Waals surface area contributed by atoms with Crippen molar-refractivity contribution >= 4 is 27.6 Å². The summed E-state index contributed by atoms with van der Waals surface area (Å²) in [7, 11) is 0. The van der Waals surface area contributed by atoms with E-state index in [1.54, 1.807) is 13.0 Å². The minimum Gasteiger partial charge on any atom is -0.477 e. The Kier molecular flexibility index (Phi) is 4.18. The molecular weight excluding hydrogens is 344 g/mol. The van der Waals surface area contributed by atoms with Crippen LogP contribution >= 0.6 is 15.9 Å². The Balaban J connectivity index is 2.46. The summed E-state index contributed by atoms with van der Waals surface area (Å²) in [4.78, 5) is 25.3. The zero-order chi connectivity index (χ0) is 15.6. The smallest absolute Gasteiger partial charge is 0.341 e. The van der Waals surface area contributed by atoms with E-state index in [9.17, 15) is 20.0 Å². The first-order valence-corrected chi connectivity index (χ1v) is 6.49. The summed E-state index contributed by atoms with van der Waals surface area (Å²) < 4.78 is 5.84. The molecule has 0 aliphatic heterocycles. The molecule has 0 unspecified atom stereocenters. The maximum Gasteiger partial charge on any atom is 0.341 e. The fraction of sp³-hybridized carbons (Fsp3) is 0.0769. The summed E-state index contributed by atoms with van der Waals surface area (Å²) in [5, 5.41) is 20.0. The number of aryl methyl sites for hydroxylation is 1. The zero-order valence-corrected chi connectivity index (χ0v) is 12.3. The number of ether oxygens (including phenoxy) is 1. The fourth-order valence-electron chi connectivity index (χ4n) is 1.69. The van der Waals surface area contributed by atoms with Gasteiger partial charge in [-0.1, -0.05) is 15.9 Å². The van der Waals surface area contributed by atoms with Crippen LogP contribution in [0.3, 0.4) is 0 Å². The number of aromatic carboxylic acids is 1. The SMILES string of the molecule is Cc1ccnc(Oc2cc(Br)cc([N+](=O)[O-])c2)c1C(=O)O. The molecule has 0 aliphatic rings. The van der Waals surface area contributed by atoms with Crippen molar-refractivity contribution in [2.24, 2.45) is 0 Å². The summed E-state index contributed by atoms with van der Waals surface area (Å²) in [6.45, 7) is 1.61. The van der Waals surface area contributed by atoms with E-state index in [1.807, 2.05) is 0 Å². The second-order valence-electron chi connectivity index (χ2n) is 4.12. The van der Waals surface area contributed by atoms with Crippen molar-refractivity contribution in [1.82, 2.24) is 4.98 Å². The molecule has 2 rings (SSSR count). The number of aromatic nitrogens is 1. The van der Waals surface area contributed by atoms with Gasteiger partial charge in [-0.3, -0.25) is 10.1 Å². The first-order valence-electron chi connectivity index (χ1n) is 5.70. The molecule has 0 atom stereocenters. The van der Waals surface area contributed by atoms with Gasteiger partial charge in [-0.25, -0.2) is 9.78 Å². The molecule has 7 nitrogen and oxygen atoms in total. The molecule has 0 saturated carbocycles. The number of carboxylic acid groups (broad SMARTS) is 1. The van der Waals surface area contributed by atoms with E-state index in [4.69, 9.17) is 4.74 Å². The second kappa shape index (κ2) is 5.88. The van der Waals surface area contributed by atoms with E-state index in [0.717, 1.165) is 0 Å². The van der Waals surface area contributed by atoms with Gasteiger partial charge in [-0.15, -0.1) is 0 Å². The van der Waals surface area contributed by atoms with Crippen LogP contribution in [-0.4, -0.2) is 21.0 Å². The fourth-order valence-corrected chi connectivity index (χ4v) is 2.15. The highest BCUT2D eigenvalue weighted by Crippen LogP contribution is 2.31. The van der Waals surface area contributed by atoms with E-state index < -0.39 is 10.9 Å². The van der Waals surface area contributed by atoms with Crippen molar-refractivity contribution in [2.75, 3.05) is 0 Å². The van der Waals surface area contributed by atoms with E-state index in [1.165, 1.54) is 24.4 Å². The molecule has 1 aromatic heterocycles. The monoisotopic (exact) mass is 352 g/mol. The Morgan fingerprint density at radius 1 is 1.43 bits per heavy atom. The van der Waals surface area contributed by atoms with Crippen molar-refractivity contribution in [1.29, 1.82) is 0 Å². The van der Waals surface area contributed by atoms with Gasteiger partial charge in [0.2, 0.25) is 5.88 Å². The van der Waals surface area contributed by atoms with Gasteiger partial charge >= 0.3 is 5.97 Å². The van der Waals surface area contributed by atoms with Crippen LogP contribution < -0.4 is 4.74 Å². The molecule has 8 heteroatoms. The molecule has 2 aromatic rings. The van der Waals surface area contributed by atoms with Gasteiger partial charge in [0.15, 0.2) is 0 Å². The largest absolute Gasteiger partial charge is 0.477 e. The van der Waals surface area contributed by atoms with Crippen molar-refractivity contribution < 1.29 is 19.6 Å². The number of hydrogen-bond donors (Lipinski definition) is 1. The minimum absolute atomic E-state index is 0.0832. The van der Waals surface area contributed by atoms with E-state index in [0.29, 0.717) is 10.0 Å². The van der Waals surface area contributed by atoms with Crippen LogP contribution in [0, 0.1) is 17.0 Å². The maximum atomic E-state index is 11.2. The number of nitro groups is 1. The first-order chi connectivity index (χ1) is 9.88. The quantitative estimate of drug-likeness (QED) is 0.666. The average molecular weight is 353 g/mol. The predicted octanol–water partition coefficient (Wildman–Crippen LogP) is 3.55. The highest BCUT2D eigenvalue weighted by atomic mass is 79.9. The van der Waals surface area contributed by atoms with Crippen molar-refractivity contribution in [3.8, 4) is 11.6 Å². The lowest BCUT2D eigenvalue weighted by Gasteiger charge is -2.09. The molecule has 0 radical (unpaired) electrons. The average Bonchev–Trinajstić information content (AvgIpc) is 2.37. The lowest BCUT2D eigenvalue weighted by Crippen LogP contribution is -2.04. The van der Waals surface area contributed by atoms with Gasteiger partial charge in [-0.05, 0) is 24.6 Å². The number of carbonyl (C=O) groups is 1. The third kappa shape index (κ3) is 3.34. The van der Waals surface area contributed by atoms with Crippen LogP contribution in [0.15, 0.2) is 34.9 Å². The van der Waals surface area contributed by atoms with Gasteiger partial charge in [0.25, 0.3) is 5.69 Å². The molecule has 108 valence electrons. The lowest BCUT2D eigenvalue weighted by atomic mass is 10.1. The lowest BCUT2D eigenvalue weighted by molar-refractivity contribution is -0.385. The van der Waals surface area contributed by atoms with Crippen molar-refractivity contribution in [3.05, 3.63) is 56.2 Å². The molecule has 21 heavy (non-hydrogen) atoms. The van der Waals surface area contributed by atoms with E-state index in [-0.39, 0.29) is 22.9 Å². The van der Waals surface area contributed by atoms with E-state index >= 15 is 0 Å². The zero-order valence-electron chi connectivity index (χ0n) is 10.7. The van der Waals surface area contributed by atoms with Gasteiger partial charge in [0, 0.05) is 16.7 Å². The van der Waals surface area contributed by atoms with E-state index in [2.05, 4.69) is 20.9 Å². The first kappa shape index (κ1) is 14.9. The number of pyridine rings is 1. The number of nitro benzene ring substituents is 1. The van der Waals surface area contributed by atoms with Crippen LogP contribution in [0.25, 0.3) is 0 Å².